The molecule has 9 heteroatoms. The molecule has 33 heavy (non-hydrogen) atoms. The number of rotatable bonds is 8. The molecule has 3 aromatic rings. The number of non-ortho nitro benzene ring substituents is 2. The van der Waals surface area contributed by atoms with Crippen LogP contribution in [0.1, 0.15) is 24.5 Å². The minimum Gasteiger partial charge on any atom is -0.352 e. The fourth-order valence-electron chi connectivity index (χ4n) is 3.71. The highest BCUT2D eigenvalue weighted by molar-refractivity contribution is 6.09. The molecule has 0 saturated carbocycles. The van der Waals surface area contributed by atoms with Crippen molar-refractivity contribution >= 4 is 28.5 Å². The maximum Gasteiger partial charge on any atom is 0.269 e. The van der Waals surface area contributed by atoms with Gasteiger partial charge in [0.05, 0.1) is 26.9 Å². The van der Waals surface area contributed by atoms with Crippen molar-refractivity contribution in [3.05, 3.63) is 104 Å². The Morgan fingerprint density at radius 3 is 2.12 bits per heavy atom. The molecule has 0 radical (unpaired) electrons. The summed E-state index contributed by atoms with van der Waals surface area (Å²) in [5, 5.41) is 22.1. The molecule has 4 rings (SSSR count). The summed E-state index contributed by atoms with van der Waals surface area (Å²) in [6, 6.07) is 20.4. The monoisotopic (exact) mass is 446 g/mol. The largest absolute Gasteiger partial charge is 0.352 e. The summed E-state index contributed by atoms with van der Waals surface area (Å²) < 4.78 is 6.23. The number of ether oxygens (including phenoxy) is 1. The quantitative estimate of drug-likeness (QED) is 0.338. The van der Waals surface area contributed by atoms with E-state index >= 15 is 0 Å². The van der Waals surface area contributed by atoms with Crippen LogP contribution in [0, 0.1) is 20.2 Å². The van der Waals surface area contributed by atoms with E-state index < -0.39 is 16.1 Å². The van der Waals surface area contributed by atoms with Gasteiger partial charge in [-0.25, -0.2) is 4.99 Å². The van der Waals surface area contributed by atoms with Gasteiger partial charge in [-0.2, -0.15) is 0 Å². The zero-order valence-electron chi connectivity index (χ0n) is 18.0. The van der Waals surface area contributed by atoms with Crippen molar-refractivity contribution in [2.24, 2.45) is 4.99 Å². The Morgan fingerprint density at radius 2 is 1.52 bits per heavy atom. The second kappa shape index (κ2) is 9.58. The smallest absolute Gasteiger partial charge is 0.269 e. The molecule has 1 aliphatic rings. The van der Waals surface area contributed by atoms with E-state index in [2.05, 4.69) is 4.90 Å². The van der Waals surface area contributed by atoms with Gasteiger partial charge in [0.1, 0.15) is 0 Å². The lowest BCUT2D eigenvalue weighted by Gasteiger charge is -2.38. The third-order valence-corrected chi connectivity index (χ3v) is 5.30. The normalized spacial score (nSPS) is 15.0. The molecular formula is C24H22N4O5. The minimum absolute atomic E-state index is 0.00400. The molecule has 0 fully saturated rings. The van der Waals surface area contributed by atoms with Crippen LogP contribution in [-0.4, -0.2) is 28.4 Å². The van der Waals surface area contributed by atoms with E-state index in [1.807, 2.05) is 31.2 Å². The molecule has 0 aromatic heterocycles. The molecule has 1 atom stereocenters. The van der Waals surface area contributed by atoms with E-state index in [0.717, 1.165) is 28.9 Å². The van der Waals surface area contributed by atoms with Crippen molar-refractivity contribution in [1.29, 1.82) is 0 Å². The van der Waals surface area contributed by atoms with Gasteiger partial charge in [-0.05, 0) is 36.2 Å². The maximum absolute atomic E-state index is 11.1. The number of nitrogens with zero attached hydrogens (tertiary/aromatic N) is 4. The standard InChI is InChI=1S/C24H22N4O5/c1-2-15-33-24-23(18-9-13-20(14-10-18)28(31)32)25-21-5-3-4-6-22(21)26(24)16-17-7-11-19(12-8-17)27(29)30/h3-14,24H,2,15-16H2,1H3. The average molecular weight is 446 g/mol. The predicted octanol–water partition coefficient (Wildman–Crippen LogP) is 5.40. The highest BCUT2D eigenvalue weighted by Gasteiger charge is 2.32. The van der Waals surface area contributed by atoms with Gasteiger partial charge in [0.2, 0.25) is 0 Å². The number of aliphatic imine (C=N–C) groups is 1. The minimum atomic E-state index is -0.531. The fourth-order valence-corrected chi connectivity index (χ4v) is 3.71. The Morgan fingerprint density at radius 1 is 0.909 bits per heavy atom. The molecule has 1 heterocycles. The Hall–Kier alpha value is -4.11. The fraction of sp³-hybridized carbons (Fsp3) is 0.208. The lowest BCUT2D eigenvalue weighted by molar-refractivity contribution is -0.385. The van der Waals surface area contributed by atoms with E-state index in [1.54, 1.807) is 24.3 Å². The van der Waals surface area contributed by atoms with Crippen LogP contribution >= 0.6 is 0 Å². The van der Waals surface area contributed by atoms with E-state index in [0.29, 0.717) is 18.9 Å². The number of benzene rings is 3. The van der Waals surface area contributed by atoms with Gasteiger partial charge in [0.25, 0.3) is 11.4 Å². The van der Waals surface area contributed by atoms with Gasteiger partial charge in [-0.3, -0.25) is 20.2 Å². The SMILES string of the molecule is CCCOC1C(c2ccc([N+](=O)[O-])cc2)=Nc2ccccc2N1Cc1ccc([N+](=O)[O-])cc1. The summed E-state index contributed by atoms with van der Waals surface area (Å²) in [6.45, 7) is 2.95. The molecular weight excluding hydrogens is 424 g/mol. The Labute approximate surface area is 190 Å². The Kier molecular flexibility index (Phi) is 6.41. The molecule has 0 N–H and O–H groups in total. The number of hydrogen-bond acceptors (Lipinski definition) is 7. The lowest BCUT2D eigenvalue weighted by atomic mass is 10.0. The van der Waals surface area contributed by atoms with Crippen molar-refractivity contribution < 1.29 is 14.6 Å². The first-order valence-electron chi connectivity index (χ1n) is 10.5. The molecule has 0 saturated heterocycles. The van der Waals surface area contributed by atoms with Crippen molar-refractivity contribution in [3.63, 3.8) is 0 Å². The van der Waals surface area contributed by atoms with E-state index in [1.165, 1.54) is 24.3 Å². The van der Waals surface area contributed by atoms with Crippen LogP contribution in [0.5, 0.6) is 0 Å². The summed E-state index contributed by atoms with van der Waals surface area (Å²) in [4.78, 5) is 28.1. The van der Waals surface area contributed by atoms with Crippen LogP contribution in [0.25, 0.3) is 0 Å². The third kappa shape index (κ3) is 4.73. The van der Waals surface area contributed by atoms with E-state index in [9.17, 15) is 20.2 Å². The molecule has 1 unspecified atom stereocenters. The van der Waals surface area contributed by atoms with E-state index in [-0.39, 0.29) is 11.4 Å². The van der Waals surface area contributed by atoms with Crippen molar-refractivity contribution in [1.82, 2.24) is 0 Å². The number of anilines is 1. The summed E-state index contributed by atoms with van der Waals surface area (Å²) in [7, 11) is 0. The lowest BCUT2D eigenvalue weighted by Crippen LogP contribution is -2.45. The highest BCUT2D eigenvalue weighted by Crippen LogP contribution is 2.37. The first-order chi connectivity index (χ1) is 16.0. The van der Waals surface area contributed by atoms with Crippen LogP contribution in [0.4, 0.5) is 22.7 Å². The molecule has 0 aliphatic carbocycles. The Balaban J connectivity index is 1.75. The predicted molar refractivity (Wildman–Crippen MR) is 125 cm³/mol. The van der Waals surface area contributed by atoms with Gasteiger partial charge in [0, 0.05) is 43.0 Å². The third-order valence-electron chi connectivity index (χ3n) is 5.30. The zero-order chi connectivity index (χ0) is 23.4. The number of hydrogen-bond donors (Lipinski definition) is 0. The van der Waals surface area contributed by atoms with Crippen LogP contribution in [0.2, 0.25) is 0 Å². The van der Waals surface area contributed by atoms with Gasteiger partial charge in [0.15, 0.2) is 6.23 Å². The van der Waals surface area contributed by atoms with Crippen molar-refractivity contribution in [2.45, 2.75) is 26.1 Å². The van der Waals surface area contributed by atoms with Crippen LogP contribution in [0.3, 0.4) is 0 Å². The molecule has 168 valence electrons. The first kappa shape index (κ1) is 22.1. The second-order valence-corrected chi connectivity index (χ2v) is 7.56. The van der Waals surface area contributed by atoms with E-state index in [4.69, 9.17) is 9.73 Å². The molecule has 3 aromatic carbocycles. The summed E-state index contributed by atoms with van der Waals surface area (Å²) in [5.74, 6) is 0. The van der Waals surface area contributed by atoms with Crippen LogP contribution in [-0.2, 0) is 11.3 Å². The average Bonchev–Trinajstić information content (AvgIpc) is 2.83. The van der Waals surface area contributed by atoms with Crippen molar-refractivity contribution in [3.8, 4) is 0 Å². The van der Waals surface area contributed by atoms with Gasteiger partial charge in [-0.1, -0.05) is 31.2 Å². The molecule has 0 amide bonds. The molecule has 1 aliphatic heterocycles. The van der Waals surface area contributed by atoms with Gasteiger partial charge >= 0.3 is 0 Å². The Bertz CT molecular complexity index is 1190. The molecule has 0 bridgehead atoms. The maximum atomic E-state index is 11.1. The summed E-state index contributed by atoms with van der Waals surface area (Å²) in [6.07, 6.45) is 0.272. The molecule has 0 spiro atoms. The topological polar surface area (TPSA) is 111 Å². The number of fused-ring (bicyclic) bond motifs is 1. The molecule has 9 nitrogen and oxygen atoms in total. The van der Waals surface area contributed by atoms with Crippen LogP contribution < -0.4 is 4.90 Å². The van der Waals surface area contributed by atoms with Gasteiger partial charge in [-0.15, -0.1) is 0 Å². The summed E-state index contributed by atoms with van der Waals surface area (Å²) in [5.41, 5.74) is 3.93. The number of para-hydroxylation sites is 2. The first-order valence-corrected chi connectivity index (χ1v) is 10.5. The number of nitro groups is 2. The van der Waals surface area contributed by atoms with Gasteiger partial charge < -0.3 is 9.64 Å². The summed E-state index contributed by atoms with van der Waals surface area (Å²) >= 11 is 0. The van der Waals surface area contributed by atoms with Crippen molar-refractivity contribution in [2.75, 3.05) is 11.5 Å². The number of nitro benzene ring substituents is 2. The highest BCUT2D eigenvalue weighted by atomic mass is 16.6. The second-order valence-electron chi connectivity index (χ2n) is 7.56. The van der Waals surface area contributed by atoms with Crippen LogP contribution in [0.15, 0.2) is 77.8 Å². The zero-order valence-corrected chi connectivity index (χ0v) is 18.0.